The Balaban J connectivity index is 2.42. The lowest BCUT2D eigenvalue weighted by atomic mass is 9.96. The van der Waals surface area contributed by atoms with Gasteiger partial charge < -0.3 is 15.7 Å². The van der Waals surface area contributed by atoms with E-state index < -0.39 is 0 Å². The Hall–Kier alpha value is -0.610. The third kappa shape index (κ3) is 3.46. The Morgan fingerprint density at radius 2 is 2.31 bits per heavy atom. The molecule has 1 aliphatic rings. The van der Waals surface area contributed by atoms with E-state index in [1.165, 1.54) is 0 Å². The number of nitrogens with zero attached hydrogens (tertiary/aromatic N) is 1. The normalized spacial score (nSPS) is 27.9. The van der Waals surface area contributed by atoms with E-state index in [4.69, 9.17) is 5.73 Å². The second-order valence-corrected chi connectivity index (χ2v) is 4.87. The van der Waals surface area contributed by atoms with E-state index in [0.29, 0.717) is 19.5 Å². The van der Waals surface area contributed by atoms with Gasteiger partial charge in [0, 0.05) is 13.1 Å². The Bertz CT molecular complexity index is 233. The molecule has 16 heavy (non-hydrogen) atoms. The molecule has 0 radical (unpaired) electrons. The molecule has 1 saturated heterocycles. The number of hydrogen-bond donors (Lipinski definition) is 2. The Labute approximate surface area is 97.8 Å². The van der Waals surface area contributed by atoms with E-state index in [0.717, 1.165) is 19.3 Å². The zero-order valence-electron chi connectivity index (χ0n) is 10.4. The number of unbranched alkanes of at least 4 members (excludes halogenated alkanes) is 1. The number of likely N-dealkylation sites (tertiary alicyclic amines) is 1. The smallest absolute Gasteiger partial charge is 0.239 e. The van der Waals surface area contributed by atoms with Gasteiger partial charge in [0.25, 0.3) is 0 Å². The SMILES string of the molecule is CCCC[C@H](N)C(=O)N1CCC(O)C(C)C1. The third-order valence-electron chi connectivity index (χ3n) is 3.36. The van der Waals surface area contributed by atoms with Crippen molar-refractivity contribution in [2.45, 2.75) is 51.7 Å². The van der Waals surface area contributed by atoms with Crippen LogP contribution < -0.4 is 5.73 Å². The minimum atomic E-state index is -0.359. The Morgan fingerprint density at radius 3 is 2.88 bits per heavy atom. The van der Waals surface area contributed by atoms with E-state index >= 15 is 0 Å². The molecule has 0 aliphatic carbocycles. The molecule has 0 bridgehead atoms. The second-order valence-electron chi connectivity index (χ2n) is 4.87. The predicted molar refractivity (Wildman–Crippen MR) is 63.9 cm³/mol. The number of aliphatic hydroxyl groups excluding tert-OH is 1. The van der Waals surface area contributed by atoms with Crippen LogP contribution in [-0.4, -0.2) is 41.1 Å². The minimum absolute atomic E-state index is 0.0483. The fourth-order valence-corrected chi connectivity index (χ4v) is 2.12. The molecule has 94 valence electrons. The summed E-state index contributed by atoms with van der Waals surface area (Å²) in [5, 5.41) is 9.59. The molecule has 3 N–H and O–H groups in total. The van der Waals surface area contributed by atoms with Crippen molar-refractivity contribution in [3.8, 4) is 0 Å². The first-order chi connectivity index (χ1) is 7.56. The number of nitrogens with two attached hydrogens (primary N) is 1. The standard InChI is InChI=1S/C12H24N2O2/c1-3-4-5-10(13)12(16)14-7-6-11(15)9(2)8-14/h9-11,15H,3-8,13H2,1-2H3/t9?,10-,11?/m0/s1. The lowest BCUT2D eigenvalue weighted by Crippen LogP contribution is -2.50. The van der Waals surface area contributed by atoms with Crippen molar-refractivity contribution >= 4 is 5.91 Å². The first-order valence-electron chi connectivity index (χ1n) is 6.28. The van der Waals surface area contributed by atoms with Gasteiger partial charge in [-0.25, -0.2) is 0 Å². The van der Waals surface area contributed by atoms with Crippen LogP contribution in [0.25, 0.3) is 0 Å². The highest BCUT2D eigenvalue weighted by Crippen LogP contribution is 2.17. The maximum absolute atomic E-state index is 12.0. The van der Waals surface area contributed by atoms with E-state index in [2.05, 4.69) is 6.92 Å². The van der Waals surface area contributed by atoms with Crippen LogP contribution in [0, 0.1) is 5.92 Å². The van der Waals surface area contributed by atoms with Crippen molar-refractivity contribution in [3.05, 3.63) is 0 Å². The summed E-state index contributed by atoms with van der Waals surface area (Å²) in [6.45, 7) is 5.35. The molecule has 4 nitrogen and oxygen atoms in total. The van der Waals surface area contributed by atoms with Crippen LogP contribution in [0.5, 0.6) is 0 Å². The van der Waals surface area contributed by atoms with Crippen molar-refractivity contribution in [2.24, 2.45) is 11.7 Å². The van der Waals surface area contributed by atoms with Crippen molar-refractivity contribution in [3.63, 3.8) is 0 Å². The second kappa shape index (κ2) is 6.21. The summed E-state index contributed by atoms with van der Waals surface area (Å²) in [6.07, 6.45) is 3.24. The molecule has 1 rings (SSSR count). The van der Waals surface area contributed by atoms with Crippen LogP contribution in [0.15, 0.2) is 0 Å². The lowest BCUT2D eigenvalue weighted by molar-refractivity contribution is -0.136. The van der Waals surface area contributed by atoms with Crippen molar-refractivity contribution < 1.29 is 9.90 Å². The summed E-state index contributed by atoms with van der Waals surface area (Å²) in [6, 6.07) is -0.359. The van der Waals surface area contributed by atoms with Crippen LogP contribution in [0.4, 0.5) is 0 Å². The van der Waals surface area contributed by atoms with Gasteiger partial charge in [0.15, 0.2) is 0 Å². The molecule has 0 aromatic heterocycles. The van der Waals surface area contributed by atoms with Gasteiger partial charge in [0.1, 0.15) is 0 Å². The predicted octanol–water partition coefficient (Wildman–Crippen LogP) is 0.733. The van der Waals surface area contributed by atoms with Crippen molar-refractivity contribution in [1.82, 2.24) is 4.90 Å². The van der Waals surface area contributed by atoms with Gasteiger partial charge in [-0.1, -0.05) is 26.7 Å². The lowest BCUT2D eigenvalue weighted by Gasteiger charge is -2.35. The summed E-state index contributed by atoms with van der Waals surface area (Å²) in [5.41, 5.74) is 5.86. The molecule has 0 aromatic carbocycles. The van der Waals surface area contributed by atoms with Crippen molar-refractivity contribution in [2.75, 3.05) is 13.1 Å². The number of carbonyl (C=O) groups is 1. The average molecular weight is 228 g/mol. The van der Waals surface area contributed by atoms with Gasteiger partial charge in [-0.05, 0) is 18.8 Å². The van der Waals surface area contributed by atoms with E-state index in [-0.39, 0.29) is 24.0 Å². The fraction of sp³-hybridized carbons (Fsp3) is 0.917. The van der Waals surface area contributed by atoms with Gasteiger partial charge in [-0.3, -0.25) is 4.79 Å². The number of piperidine rings is 1. The van der Waals surface area contributed by atoms with Gasteiger partial charge in [-0.15, -0.1) is 0 Å². The number of aliphatic hydroxyl groups is 1. The van der Waals surface area contributed by atoms with Gasteiger partial charge >= 0.3 is 0 Å². The Kier molecular flexibility index (Phi) is 5.22. The summed E-state index contributed by atoms with van der Waals surface area (Å²) in [4.78, 5) is 13.8. The van der Waals surface area contributed by atoms with Gasteiger partial charge in [0.05, 0.1) is 12.1 Å². The largest absolute Gasteiger partial charge is 0.393 e. The number of hydrogen-bond acceptors (Lipinski definition) is 3. The maximum Gasteiger partial charge on any atom is 0.239 e. The van der Waals surface area contributed by atoms with Crippen LogP contribution >= 0.6 is 0 Å². The summed E-state index contributed by atoms with van der Waals surface area (Å²) in [5.74, 6) is 0.211. The van der Waals surface area contributed by atoms with Crippen LogP contribution in [0.2, 0.25) is 0 Å². The van der Waals surface area contributed by atoms with E-state index in [1.54, 1.807) is 4.90 Å². The topological polar surface area (TPSA) is 66.6 Å². The van der Waals surface area contributed by atoms with Gasteiger partial charge in [-0.2, -0.15) is 0 Å². The highest BCUT2D eigenvalue weighted by Gasteiger charge is 2.29. The molecular formula is C12H24N2O2. The molecule has 0 saturated carbocycles. The fourth-order valence-electron chi connectivity index (χ4n) is 2.12. The molecule has 1 aliphatic heterocycles. The first kappa shape index (κ1) is 13.5. The highest BCUT2D eigenvalue weighted by molar-refractivity contribution is 5.81. The minimum Gasteiger partial charge on any atom is -0.393 e. The quantitative estimate of drug-likeness (QED) is 0.745. The van der Waals surface area contributed by atoms with Crippen LogP contribution in [0.1, 0.15) is 39.5 Å². The number of carbonyl (C=O) groups excluding carboxylic acids is 1. The van der Waals surface area contributed by atoms with E-state index in [1.807, 2.05) is 6.92 Å². The molecule has 0 spiro atoms. The summed E-state index contributed by atoms with van der Waals surface area (Å²) in [7, 11) is 0. The van der Waals surface area contributed by atoms with Crippen LogP contribution in [-0.2, 0) is 4.79 Å². The van der Waals surface area contributed by atoms with Gasteiger partial charge in [0.2, 0.25) is 5.91 Å². The van der Waals surface area contributed by atoms with Crippen molar-refractivity contribution in [1.29, 1.82) is 0 Å². The molecule has 1 fully saturated rings. The number of amides is 1. The molecule has 1 amide bonds. The maximum atomic E-state index is 12.0. The molecule has 4 heteroatoms. The summed E-state index contributed by atoms with van der Waals surface area (Å²) < 4.78 is 0. The zero-order chi connectivity index (χ0) is 12.1. The molecule has 3 atom stereocenters. The van der Waals surface area contributed by atoms with E-state index in [9.17, 15) is 9.90 Å². The van der Waals surface area contributed by atoms with Crippen LogP contribution in [0.3, 0.4) is 0 Å². The molecule has 1 heterocycles. The summed E-state index contributed by atoms with van der Waals surface area (Å²) >= 11 is 0. The molecule has 0 aromatic rings. The average Bonchev–Trinajstić information content (AvgIpc) is 2.28. The third-order valence-corrected chi connectivity index (χ3v) is 3.36. The zero-order valence-corrected chi connectivity index (χ0v) is 10.4. The monoisotopic (exact) mass is 228 g/mol. The number of rotatable bonds is 4. The first-order valence-corrected chi connectivity index (χ1v) is 6.28. The molecular weight excluding hydrogens is 204 g/mol. The Morgan fingerprint density at radius 1 is 1.62 bits per heavy atom. The molecule has 2 unspecified atom stereocenters. The highest BCUT2D eigenvalue weighted by atomic mass is 16.3.